The molecule has 2 rings (SSSR count). The minimum absolute atomic E-state index is 0.103. The third-order valence-corrected chi connectivity index (χ3v) is 2.11. The summed E-state index contributed by atoms with van der Waals surface area (Å²) in [5.41, 5.74) is 0.240. The molecule has 0 spiro atoms. The van der Waals surface area contributed by atoms with Gasteiger partial charge in [-0.05, 0) is 18.2 Å². The molecule has 1 N–H and O–H groups in total. The Bertz CT molecular complexity index is 566. The SMILES string of the molecule is COc1cc(-c2noc(C(F)(F)F)n2)ccc1O. The molecule has 0 aliphatic heterocycles. The summed E-state index contributed by atoms with van der Waals surface area (Å²) in [6, 6.07) is 3.92. The molecule has 1 aromatic heterocycles. The molecule has 0 aliphatic rings. The maximum absolute atomic E-state index is 12.3. The zero-order valence-corrected chi connectivity index (χ0v) is 9.02. The zero-order chi connectivity index (χ0) is 13.3. The number of nitrogens with zero attached hydrogens (tertiary/aromatic N) is 2. The van der Waals surface area contributed by atoms with Crippen LogP contribution in [-0.4, -0.2) is 22.4 Å². The molecule has 0 amide bonds. The van der Waals surface area contributed by atoms with Crippen LogP contribution in [0.3, 0.4) is 0 Å². The lowest BCUT2D eigenvalue weighted by Crippen LogP contribution is -2.04. The number of hydrogen-bond donors (Lipinski definition) is 1. The maximum atomic E-state index is 12.3. The van der Waals surface area contributed by atoms with E-state index in [1.807, 2.05) is 0 Å². The normalized spacial score (nSPS) is 11.6. The minimum Gasteiger partial charge on any atom is -0.504 e. The second kappa shape index (κ2) is 4.21. The van der Waals surface area contributed by atoms with Gasteiger partial charge in [0.05, 0.1) is 7.11 Å². The van der Waals surface area contributed by atoms with Crippen LogP contribution < -0.4 is 4.74 Å². The van der Waals surface area contributed by atoms with E-state index in [0.29, 0.717) is 0 Å². The number of aromatic nitrogens is 2. The van der Waals surface area contributed by atoms with Gasteiger partial charge in [-0.1, -0.05) is 5.16 Å². The van der Waals surface area contributed by atoms with E-state index in [9.17, 15) is 18.3 Å². The Morgan fingerprint density at radius 1 is 1.33 bits per heavy atom. The Labute approximate surface area is 98.8 Å². The molecule has 5 nitrogen and oxygen atoms in total. The number of phenolic OH excluding ortho intramolecular Hbond substituents is 1. The standard InChI is InChI=1S/C10H7F3N2O3/c1-17-7-4-5(2-3-6(7)16)8-14-9(18-15-8)10(11,12)13/h2-4,16H,1H3. The molecule has 0 fully saturated rings. The quantitative estimate of drug-likeness (QED) is 0.898. The number of rotatable bonds is 2. The Morgan fingerprint density at radius 2 is 2.06 bits per heavy atom. The van der Waals surface area contributed by atoms with Crippen molar-refractivity contribution in [3.63, 3.8) is 0 Å². The van der Waals surface area contributed by atoms with Crippen molar-refractivity contribution >= 4 is 0 Å². The van der Waals surface area contributed by atoms with E-state index in [1.54, 1.807) is 0 Å². The lowest BCUT2D eigenvalue weighted by atomic mass is 10.2. The van der Waals surface area contributed by atoms with Crippen molar-refractivity contribution in [2.75, 3.05) is 7.11 Å². The number of alkyl halides is 3. The third kappa shape index (κ3) is 2.22. The highest BCUT2D eigenvalue weighted by Gasteiger charge is 2.38. The molecule has 1 aromatic carbocycles. The summed E-state index contributed by atoms with van der Waals surface area (Å²) >= 11 is 0. The number of halogens is 3. The first-order valence-corrected chi connectivity index (χ1v) is 4.70. The second-order valence-electron chi connectivity index (χ2n) is 3.31. The van der Waals surface area contributed by atoms with Gasteiger partial charge < -0.3 is 14.4 Å². The van der Waals surface area contributed by atoms with Crippen LogP contribution in [0.25, 0.3) is 11.4 Å². The third-order valence-electron chi connectivity index (χ3n) is 2.11. The van der Waals surface area contributed by atoms with Crippen LogP contribution in [0.4, 0.5) is 13.2 Å². The number of ether oxygens (including phenoxy) is 1. The van der Waals surface area contributed by atoms with Crippen LogP contribution in [0.15, 0.2) is 22.7 Å². The van der Waals surface area contributed by atoms with Gasteiger partial charge in [0.2, 0.25) is 5.82 Å². The highest BCUT2D eigenvalue weighted by atomic mass is 19.4. The molecule has 1 heterocycles. The van der Waals surface area contributed by atoms with Crippen molar-refractivity contribution in [3.8, 4) is 22.9 Å². The molecule has 0 aliphatic carbocycles. The van der Waals surface area contributed by atoms with E-state index >= 15 is 0 Å². The number of phenols is 1. The van der Waals surface area contributed by atoms with E-state index in [4.69, 9.17) is 4.74 Å². The molecule has 0 saturated heterocycles. The molecular formula is C10H7F3N2O3. The minimum atomic E-state index is -4.69. The van der Waals surface area contributed by atoms with E-state index in [1.165, 1.54) is 25.3 Å². The molecule has 8 heteroatoms. The highest BCUT2D eigenvalue weighted by Crippen LogP contribution is 2.32. The van der Waals surface area contributed by atoms with Crippen molar-refractivity contribution in [1.82, 2.24) is 10.1 Å². The molecule has 0 unspecified atom stereocenters. The molecule has 0 bridgehead atoms. The monoisotopic (exact) mass is 260 g/mol. The number of hydrogen-bond acceptors (Lipinski definition) is 5. The van der Waals surface area contributed by atoms with E-state index < -0.39 is 12.1 Å². The molecule has 0 radical (unpaired) electrons. The Morgan fingerprint density at radius 3 is 2.61 bits per heavy atom. The summed E-state index contributed by atoms with van der Waals surface area (Å²) in [6.45, 7) is 0. The van der Waals surface area contributed by atoms with Crippen molar-refractivity contribution in [1.29, 1.82) is 0 Å². The molecular weight excluding hydrogens is 253 g/mol. The number of benzene rings is 1. The zero-order valence-electron chi connectivity index (χ0n) is 9.02. The summed E-state index contributed by atoms with van der Waals surface area (Å²) in [5, 5.41) is 12.6. The lowest BCUT2D eigenvalue weighted by molar-refractivity contribution is -0.159. The average molecular weight is 260 g/mol. The summed E-state index contributed by atoms with van der Waals surface area (Å²) < 4.78 is 45.7. The fourth-order valence-corrected chi connectivity index (χ4v) is 1.27. The van der Waals surface area contributed by atoms with Gasteiger partial charge in [-0.25, -0.2) is 0 Å². The van der Waals surface area contributed by atoms with Gasteiger partial charge in [-0.2, -0.15) is 18.2 Å². The van der Waals surface area contributed by atoms with Gasteiger partial charge >= 0.3 is 12.1 Å². The summed E-state index contributed by atoms with van der Waals surface area (Å²) in [4.78, 5) is 3.22. The van der Waals surface area contributed by atoms with Crippen LogP contribution in [0.1, 0.15) is 5.89 Å². The summed E-state index contributed by atoms with van der Waals surface area (Å²) in [5.74, 6) is -1.70. The fourth-order valence-electron chi connectivity index (χ4n) is 1.27. The van der Waals surface area contributed by atoms with Crippen molar-refractivity contribution in [2.24, 2.45) is 0 Å². The van der Waals surface area contributed by atoms with Gasteiger partial charge in [-0.3, -0.25) is 0 Å². The van der Waals surface area contributed by atoms with E-state index in [0.717, 1.165) is 0 Å². The highest BCUT2D eigenvalue weighted by molar-refractivity contribution is 5.60. The average Bonchev–Trinajstić information content (AvgIpc) is 2.78. The van der Waals surface area contributed by atoms with Gasteiger partial charge in [0, 0.05) is 5.56 Å². The van der Waals surface area contributed by atoms with Crippen LogP contribution in [0.2, 0.25) is 0 Å². The lowest BCUT2D eigenvalue weighted by Gasteiger charge is -2.03. The molecule has 0 atom stereocenters. The Kier molecular flexibility index (Phi) is 2.85. The second-order valence-corrected chi connectivity index (χ2v) is 3.31. The predicted molar refractivity (Wildman–Crippen MR) is 53.0 cm³/mol. The Hall–Kier alpha value is -2.25. The number of aromatic hydroxyl groups is 1. The number of methoxy groups -OCH3 is 1. The van der Waals surface area contributed by atoms with Crippen LogP contribution in [-0.2, 0) is 6.18 Å². The fraction of sp³-hybridized carbons (Fsp3) is 0.200. The Balaban J connectivity index is 2.40. The van der Waals surface area contributed by atoms with Crippen LogP contribution >= 0.6 is 0 Å². The maximum Gasteiger partial charge on any atom is 0.471 e. The first-order chi connectivity index (χ1) is 8.41. The van der Waals surface area contributed by atoms with Crippen molar-refractivity contribution < 1.29 is 27.5 Å². The first kappa shape index (κ1) is 12.2. The van der Waals surface area contributed by atoms with Crippen LogP contribution in [0, 0.1) is 0 Å². The van der Waals surface area contributed by atoms with Crippen LogP contribution in [0.5, 0.6) is 11.5 Å². The molecule has 96 valence electrons. The van der Waals surface area contributed by atoms with Gasteiger partial charge in [0.25, 0.3) is 0 Å². The molecule has 2 aromatic rings. The van der Waals surface area contributed by atoms with Gasteiger partial charge in [0.15, 0.2) is 11.5 Å². The van der Waals surface area contributed by atoms with Gasteiger partial charge in [0.1, 0.15) is 0 Å². The summed E-state index contributed by atoms with van der Waals surface area (Å²) in [6.07, 6.45) is -4.69. The smallest absolute Gasteiger partial charge is 0.471 e. The first-order valence-electron chi connectivity index (χ1n) is 4.70. The topological polar surface area (TPSA) is 68.4 Å². The largest absolute Gasteiger partial charge is 0.504 e. The van der Waals surface area contributed by atoms with E-state index in [-0.39, 0.29) is 22.9 Å². The van der Waals surface area contributed by atoms with E-state index in [2.05, 4.69) is 14.7 Å². The molecule has 0 saturated carbocycles. The van der Waals surface area contributed by atoms with Crippen molar-refractivity contribution in [2.45, 2.75) is 6.18 Å². The summed E-state index contributed by atoms with van der Waals surface area (Å²) in [7, 11) is 1.32. The van der Waals surface area contributed by atoms with Crippen molar-refractivity contribution in [3.05, 3.63) is 24.1 Å². The van der Waals surface area contributed by atoms with Gasteiger partial charge in [-0.15, -0.1) is 0 Å². The molecule has 18 heavy (non-hydrogen) atoms. The predicted octanol–water partition coefficient (Wildman–Crippen LogP) is 2.47.